The number of rotatable bonds is 5. The number of hydrogen-bond acceptors (Lipinski definition) is 2. The Kier molecular flexibility index (Phi) is 6.07. The topological polar surface area (TPSA) is 41.1 Å². The van der Waals surface area contributed by atoms with E-state index in [1.807, 2.05) is 6.92 Å². The lowest BCUT2D eigenvalue weighted by Crippen LogP contribution is -2.48. The number of nitrogens with one attached hydrogen (secondary N) is 2. The fourth-order valence-corrected chi connectivity index (χ4v) is 2.53. The fraction of sp³-hybridized carbons (Fsp3) is 0.786. The zero-order chi connectivity index (χ0) is 12.7. The molecule has 17 heavy (non-hydrogen) atoms. The maximum atomic E-state index is 11.7. The maximum Gasteiger partial charge on any atom is 0.237 e. The highest BCUT2D eigenvalue weighted by atomic mass is 16.2. The Morgan fingerprint density at radius 1 is 1.53 bits per heavy atom. The largest absolute Gasteiger partial charge is 0.344 e. The minimum Gasteiger partial charge on any atom is -0.344 e. The SMILES string of the molecule is C#CCNC(=O)C(C)NC1CCCC(CC)C1. The normalized spacial score (nSPS) is 25.9. The molecule has 1 aliphatic rings. The van der Waals surface area contributed by atoms with E-state index in [0.29, 0.717) is 12.6 Å². The van der Waals surface area contributed by atoms with Crippen molar-refractivity contribution in [2.24, 2.45) is 5.92 Å². The van der Waals surface area contributed by atoms with Crippen molar-refractivity contribution in [3.05, 3.63) is 0 Å². The zero-order valence-electron chi connectivity index (χ0n) is 11.0. The summed E-state index contributed by atoms with van der Waals surface area (Å²) < 4.78 is 0. The van der Waals surface area contributed by atoms with Crippen molar-refractivity contribution in [2.45, 2.75) is 58.0 Å². The number of hydrogen-bond donors (Lipinski definition) is 2. The average molecular weight is 236 g/mol. The highest BCUT2D eigenvalue weighted by molar-refractivity contribution is 5.81. The van der Waals surface area contributed by atoms with Crippen molar-refractivity contribution >= 4 is 5.91 Å². The van der Waals surface area contributed by atoms with E-state index in [1.54, 1.807) is 0 Å². The summed E-state index contributed by atoms with van der Waals surface area (Å²) in [5, 5.41) is 6.12. The van der Waals surface area contributed by atoms with Crippen molar-refractivity contribution < 1.29 is 4.79 Å². The van der Waals surface area contributed by atoms with Gasteiger partial charge >= 0.3 is 0 Å². The summed E-state index contributed by atoms with van der Waals surface area (Å²) in [6, 6.07) is 0.337. The van der Waals surface area contributed by atoms with Crippen LogP contribution < -0.4 is 10.6 Å². The molecular formula is C14H24N2O. The lowest BCUT2D eigenvalue weighted by Gasteiger charge is -2.31. The first-order chi connectivity index (χ1) is 8.17. The van der Waals surface area contributed by atoms with E-state index >= 15 is 0 Å². The molecule has 0 saturated heterocycles. The van der Waals surface area contributed by atoms with Gasteiger partial charge in [-0.1, -0.05) is 32.1 Å². The molecule has 0 radical (unpaired) electrons. The minimum absolute atomic E-state index is 0.00146. The van der Waals surface area contributed by atoms with E-state index in [4.69, 9.17) is 6.42 Å². The molecule has 3 nitrogen and oxygen atoms in total. The van der Waals surface area contributed by atoms with Crippen LogP contribution in [0, 0.1) is 18.3 Å². The lowest BCUT2D eigenvalue weighted by atomic mass is 9.84. The van der Waals surface area contributed by atoms with Crippen molar-refractivity contribution in [1.82, 2.24) is 10.6 Å². The summed E-state index contributed by atoms with van der Waals surface area (Å²) in [4.78, 5) is 11.7. The molecule has 0 aliphatic heterocycles. The Labute approximate surface area is 105 Å². The maximum absolute atomic E-state index is 11.7. The second kappa shape index (κ2) is 7.34. The Morgan fingerprint density at radius 2 is 2.29 bits per heavy atom. The molecule has 0 spiro atoms. The fourth-order valence-electron chi connectivity index (χ4n) is 2.53. The Balaban J connectivity index is 2.32. The monoisotopic (exact) mass is 236 g/mol. The van der Waals surface area contributed by atoms with Gasteiger partial charge in [-0.3, -0.25) is 4.79 Å². The van der Waals surface area contributed by atoms with E-state index in [1.165, 1.54) is 32.1 Å². The predicted octanol–water partition coefficient (Wildman–Crippen LogP) is 1.68. The standard InChI is InChI=1S/C14H24N2O/c1-4-9-15-14(17)11(3)16-13-8-6-7-12(5-2)10-13/h1,11-13,16H,5-10H2,2-3H3,(H,15,17). The van der Waals surface area contributed by atoms with Crippen LogP contribution in [0.5, 0.6) is 0 Å². The van der Waals surface area contributed by atoms with Crippen LogP contribution >= 0.6 is 0 Å². The Bertz CT molecular complexity index is 282. The number of carbonyl (C=O) groups is 1. The highest BCUT2D eigenvalue weighted by Crippen LogP contribution is 2.26. The molecule has 2 N–H and O–H groups in total. The molecule has 0 aromatic heterocycles. The highest BCUT2D eigenvalue weighted by Gasteiger charge is 2.23. The minimum atomic E-state index is -0.149. The lowest BCUT2D eigenvalue weighted by molar-refractivity contribution is -0.122. The van der Waals surface area contributed by atoms with Crippen molar-refractivity contribution in [3.63, 3.8) is 0 Å². The zero-order valence-corrected chi connectivity index (χ0v) is 11.0. The Hall–Kier alpha value is -1.01. The number of amides is 1. The van der Waals surface area contributed by atoms with Gasteiger partial charge in [-0.15, -0.1) is 6.42 Å². The average Bonchev–Trinajstić information content (AvgIpc) is 2.36. The van der Waals surface area contributed by atoms with Crippen LogP contribution in [-0.4, -0.2) is 24.5 Å². The third-order valence-electron chi connectivity index (χ3n) is 3.60. The van der Waals surface area contributed by atoms with Gasteiger partial charge in [0, 0.05) is 6.04 Å². The van der Waals surface area contributed by atoms with Crippen LogP contribution in [0.15, 0.2) is 0 Å². The van der Waals surface area contributed by atoms with Crippen LogP contribution in [0.4, 0.5) is 0 Å². The third-order valence-corrected chi connectivity index (χ3v) is 3.60. The van der Waals surface area contributed by atoms with Gasteiger partial charge in [-0.2, -0.15) is 0 Å². The molecule has 1 fully saturated rings. The van der Waals surface area contributed by atoms with Crippen molar-refractivity contribution in [2.75, 3.05) is 6.54 Å². The summed E-state index contributed by atoms with van der Waals surface area (Å²) in [5.41, 5.74) is 0. The van der Waals surface area contributed by atoms with Crippen LogP contribution in [0.3, 0.4) is 0 Å². The van der Waals surface area contributed by atoms with Gasteiger partial charge in [-0.25, -0.2) is 0 Å². The summed E-state index contributed by atoms with van der Waals surface area (Å²) in [6.45, 7) is 4.46. The van der Waals surface area contributed by atoms with Crippen LogP contribution in [-0.2, 0) is 4.79 Å². The molecular weight excluding hydrogens is 212 g/mol. The molecule has 3 atom stereocenters. The van der Waals surface area contributed by atoms with Crippen molar-refractivity contribution in [3.8, 4) is 12.3 Å². The molecule has 3 unspecified atom stereocenters. The molecule has 0 heterocycles. The van der Waals surface area contributed by atoms with E-state index in [0.717, 1.165) is 5.92 Å². The molecule has 1 amide bonds. The summed E-state index contributed by atoms with van der Waals surface area (Å²) >= 11 is 0. The van der Waals surface area contributed by atoms with Gasteiger partial charge in [0.05, 0.1) is 12.6 Å². The molecule has 0 aromatic carbocycles. The molecule has 96 valence electrons. The smallest absolute Gasteiger partial charge is 0.237 e. The molecule has 1 aliphatic carbocycles. The first kappa shape index (κ1) is 14.1. The Morgan fingerprint density at radius 3 is 2.94 bits per heavy atom. The summed E-state index contributed by atoms with van der Waals surface area (Å²) in [6.07, 6.45) is 11.4. The molecule has 0 bridgehead atoms. The molecule has 3 heteroatoms. The van der Waals surface area contributed by atoms with E-state index in [2.05, 4.69) is 23.5 Å². The number of carbonyl (C=O) groups excluding carboxylic acids is 1. The summed E-state index contributed by atoms with van der Waals surface area (Å²) in [5.74, 6) is 3.24. The van der Waals surface area contributed by atoms with Crippen LogP contribution in [0.1, 0.15) is 46.0 Å². The second-order valence-electron chi connectivity index (χ2n) is 4.95. The van der Waals surface area contributed by atoms with Gasteiger partial charge in [0.25, 0.3) is 0 Å². The van der Waals surface area contributed by atoms with Gasteiger partial charge < -0.3 is 10.6 Å². The van der Waals surface area contributed by atoms with Gasteiger partial charge in [0.2, 0.25) is 5.91 Å². The van der Waals surface area contributed by atoms with Gasteiger partial charge in [0.15, 0.2) is 0 Å². The second-order valence-corrected chi connectivity index (χ2v) is 4.95. The van der Waals surface area contributed by atoms with Crippen LogP contribution in [0.25, 0.3) is 0 Å². The van der Waals surface area contributed by atoms with Crippen molar-refractivity contribution in [1.29, 1.82) is 0 Å². The predicted molar refractivity (Wildman–Crippen MR) is 70.5 cm³/mol. The summed E-state index contributed by atoms with van der Waals surface area (Å²) in [7, 11) is 0. The van der Waals surface area contributed by atoms with E-state index in [9.17, 15) is 4.79 Å². The molecule has 1 saturated carbocycles. The molecule has 0 aromatic rings. The first-order valence-electron chi connectivity index (χ1n) is 6.64. The third kappa shape index (κ3) is 4.79. The molecule has 1 rings (SSSR count). The van der Waals surface area contributed by atoms with Crippen LogP contribution in [0.2, 0.25) is 0 Å². The van der Waals surface area contributed by atoms with Gasteiger partial charge in [0.1, 0.15) is 0 Å². The first-order valence-corrected chi connectivity index (χ1v) is 6.64. The van der Waals surface area contributed by atoms with E-state index in [-0.39, 0.29) is 11.9 Å². The van der Waals surface area contributed by atoms with Gasteiger partial charge in [-0.05, 0) is 25.7 Å². The quantitative estimate of drug-likeness (QED) is 0.713. The van der Waals surface area contributed by atoms with E-state index < -0.39 is 0 Å². The number of terminal acetylenes is 1.